The van der Waals surface area contributed by atoms with Gasteiger partial charge in [0.2, 0.25) is 0 Å². The zero-order chi connectivity index (χ0) is 15.3. The van der Waals surface area contributed by atoms with Gasteiger partial charge in [0.15, 0.2) is 0 Å². The third kappa shape index (κ3) is 4.82. The summed E-state index contributed by atoms with van der Waals surface area (Å²) in [4.78, 5) is 23.5. The molecule has 112 valence electrons. The van der Waals surface area contributed by atoms with Gasteiger partial charge in [-0.1, -0.05) is 0 Å². The molecule has 3 N–H and O–H groups in total. The molecule has 0 aliphatic heterocycles. The smallest absolute Gasteiger partial charge is 0.407 e. The molecule has 0 aliphatic rings. The van der Waals surface area contributed by atoms with Crippen molar-refractivity contribution in [3.63, 3.8) is 0 Å². The average Bonchev–Trinajstić information content (AvgIpc) is 2.82. The molecule has 0 radical (unpaired) electrons. The summed E-state index contributed by atoms with van der Waals surface area (Å²) in [6.07, 6.45) is -0.539. The summed E-state index contributed by atoms with van der Waals surface area (Å²) in [6.45, 7) is 5.51. The van der Waals surface area contributed by atoms with Gasteiger partial charge >= 0.3 is 12.1 Å². The van der Waals surface area contributed by atoms with Crippen molar-refractivity contribution in [2.45, 2.75) is 32.4 Å². The van der Waals surface area contributed by atoms with Gasteiger partial charge in [0.25, 0.3) is 0 Å². The van der Waals surface area contributed by atoms with Crippen LogP contribution in [0.4, 0.5) is 4.79 Å². The maximum Gasteiger partial charge on any atom is 0.407 e. The van der Waals surface area contributed by atoms with E-state index in [1.807, 2.05) is 0 Å². The quantitative estimate of drug-likeness (QED) is 0.831. The van der Waals surface area contributed by atoms with Crippen molar-refractivity contribution in [2.75, 3.05) is 13.7 Å². The second-order valence-corrected chi connectivity index (χ2v) is 6.10. The molecular weight excluding hydrogens is 280 g/mol. The molecule has 1 heterocycles. The lowest BCUT2D eigenvalue weighted by Gasteiger charge is -2.20. The second-order valence-electron chi connectivity index (χ2n) is 5.19. The Morgan fingerprint density at radius 2 is 2.10 bits per heavy atom. The van der Waals surface area contributed by atoms with Crippen LogP contribution in [0, 0.1) is 0 Å². The standard InChI is InChI=1S/C13H20N2O4S/c1-13(2,3)19-12(17)15-7-9(14)8-5-6-20-10(8)11(16)18-4/h5-6,9H,7,14H2,1-4H3,(H,15,17). The van der Waals surface area contributed by atoms with Gasteiger partial charge in [-0.2, -0.15) is 0 Å². The monoisotopic (exact) mass is 300 g/mol. The van der Waals surface area contributed by atoms with Crippen LogP contribution >= 0.6 is 11.3 Å². The molecule has 0 saturated heterocycles. The Hall–Kier alpha value is -1.60. The maximum absolute atomic E-state index is 11.5. The molecular formula is C13H20N2O4S. The van der Waals surface area contributed by atoms with Gasteiger partial charge in [-0.15, -0.1) is 11.3 Å². The van der Waals surface area contributed by atoms with Crippen LogP contribution in [-0.2, 0) is 9.47 Å². The number of nitrogens with two attached hydrogens (primary N) is 1. The highest BCUT2D eigenvalue weighted by Gasteiger charge is 2.21. The third-order valence-electron chi connectivity index (χ3n) is 2.33. The molecule has 0 saturated carbocycles. The van der Waals surface area contributed by atoms with Gasteiger partial charge in [-0.05, 0) is 37.8 Å². The number of carbonyl (C=O) groups excluding carboxylic acids is 2. The van der Waals surface area contributed by atoms with Crippen molar-refractivity contribution in [3.05, 3.63) is 21.9 Å². The van der Waals surface area contributed by atoms with E-state index in [-0.39, 0.29) is 6.54 Å². The van der Waals surface area contributed by atoms with Gasteiger partial charge in [0, 0.05) is 12.6 Å². The summed E-state index contributed by atoms with van der Waals surface area (Å²) in [6, 6.07) is 1.25. The molecule has 7 heteroatoms. The van der Waals surface area contributed by atoms with Crippen LogP contribution in [0.5, 0.6) is 0 Å². The number of nitrogens with one attached hydrogen (secondary N) is 1. The van der Waals surface area contributed by atoms with Crippen molar-refractivity contribution in [2.24, 2.45) is 5.73 Å². The molecule has 0 aromatic carbocycles. The Morgan fingerprint density at radius 1 is 1.45 bits per heavy atom. The minimum absolute atomic E-state index is 0.176. The van der Waals surface area contributed by atoms with Crippen molar-refractivity contribution in [1.82, 2.24) is 5.32 Å². The van der Waals surface area contributed by atoms with E-state index >= 15 is 0 Å². The number of methoxy groups -OCH3 is 1. The number of thiophene rings is 1. The first-order valence-corrected chi connectivity index (χ1v) is 7.00. The van der Waals surface area contributed by atoms with Gasteiger partial charge in [0.1, 0.15) is 10.5 Å². The Balaban J connectivity index is 2.60. The van der Waals surface area contributed by atoms with E-state index in [1.165, 1.54) is 18.4 Å². The van der Waals surface area contributed by atoms with Crippen LogP contribution in [0.15, 0.2) is 11.4 Å². The number of alkyl carbamates (subject to hydrolysis) is 1. The van der Waals surface area contributed by atoms with Crippen LogP contribution in [0.25, 0.3) is 0 Å². The molecule has 1 atom stereocenters. The van der Waals surface area contributed by atoms with E-state index < -0.39 is 23.7 Å². The fourth-order valence-electron chi connectivity index (χ4n) is 1.49. The van der Waals surface area contributed by atoms with Crippen molar-refractivity contribution in [3.8, 4) is 0 Å². The minimum Gasteiger partial charge on any atom is -0.465 e. The normalized spacial score (nSPS) is 12.7. The zero-order valence-electron chi connectivity index (χ0n) is 12.1. The number of hydrogen-bond acceptors (Lipinski definition) is 6. The topological polar surface area (TPSA) is 90.6 Å². The van der Waals surface area contributed by atoms with Gasteiger partial charge in [0.05, 0.1) is 7.11 Å². The first kappa shape index (κ1) is 16.5. The second kappa shape index (κ2) is 6.71. The highest BCUT2D eigenvalue weighted by Crippen LogP contribution is 2.22. The third-order valence-corrected chi connectivity index (χ3v) is 3.24. The summed E-state index contributed by atoms with van der Waals surface area (Å²) in [5.74, 6) is -0.428. The lowest BCUT2D eigenvalue weighted by Crippen LogP contribution is -2.36. The molecule has 0 fully saturated rings. The molecule has 0 bridgehead atoms. The molecule has 1 amide bonds. The predicted octanol–water partition coefficient (Wildman–Crippen LogP) is 2.06. The molecule has 20 heavy (non-hydrogen) atoms. The number of rotatable bonds is 4. The number of carbonyl (C=O) groups is 2. The Kier molecular flexibility index (Phi) is 5.52. The first-order chi connectivity index (χ1) is 9.24. The van der Waals surface area contributed by atoms with E-state index in [2.05, 4.69) is 10.1 Å². The summed E-state index contributed by atoms with van der Waals surface area (Å²) < 4.78 is 9.79. The summed E-state index contributed by atoms with van der Waals surface area (Å²) in [5.41, 5.74) is 6.06. The van der Waals surface area contributed by atoms with Crippen molar-refractivity contribution in [1.29, 1.82) is 0 Å². The predicted molar refractivity (Wildman–Crippen MR) is 76.8 cm³/mol. The fourth-order valence-corrected chi connectivity index (χ4v) is 2.37. The molecule has 1 aromatic rings. The number of hydrogen-bond donors (Lipinski definition) is 2. The number of ether oxygens (including phenoxy) is 2. The summed E-state index contributed by atoms with van der Waals surface area (Å²) >= 11 is 1.26. The Morgan fingerprint density at radius 3 is 2.65 bits per heavy atom. The van der Waals surface area contributed by atoms with Crippen LogP contribution in [-0.4, -0.2) is 31.3 Å². The fraction of sp³-hybridized carbons (Fsp3) is 0.538. The van der Waals surface area contributed by atoms with Gasteiger partial charge in [-0.25, -0.2) is 9.59 Å². The first-order valence-electron chi connectivity index (χ1n) is 6.12. The summed E-state index contributed by atoms with van der Waals surface area (Å²) in [5, 5.41) is 4.34. The molecule has 6 nitrogen and oxygen atoms in total. The Bertz CT molecular complexity index is 479. The lowest BCUT2D eigenvalue weighted by atomic mass is 10.1. The van der Waals surface area contributed by atoms with Gasteiger partial charge < -0.3 is 20.5 Å². The zero-order valence-corrected chi connectivity index (χ0v) is 12.9. The maximum atomic E-state index is 11.5. The van der Waals surface area contributed by atoms with Crippen LogP contribution < -0.4 is 11.1 Å². The van der Waals surface area contributed by atoms with Crippen LogP contribution in [0.1, 0.15) is 42.0 Å². The SMILES string of the molecule is COC(=O)c1sccc1C(N)CNC(=O)OC(C)(C)C. The molecule has 1 rings (SSSR count). The molecule has 1 unspecified atom stereocenters. The average molecular weight is 300 g/mol. The number of amides is 1. The Labute approximate surface area is 122 Å². The van der Waals surface area contributed by atoms with E-state index in [4.69, 9.17) is 10.5 Å². The highest BCUT2D eigenvalue weighted by atomic mass is 32.1. The van der Waals surface area contributed by atoms with E-state index in [0.29, 0.717) is 10.4 Å². The highest BCUT2D eigenvalue weighted by molar-refractivity contribution is 7.12. The lowest BCUT2D eigenvalue weighted by molar-refractivity contribution is 0.0524. The van der Waals surface area contributed by atoms with Crippen LogP contribution in [0.3, 0.4) is 0 Å². The van der Waals surface area contributed by atoms with Gasteiger partial charge in [-0.3, -0.25) is 0 Å². The van der Waals surface area contributed by atoms with E-state index in [1.54, 1.807) is 32.2 Å². The number of esters is 1. The van der Waals surface area contributed by atoms with Crippen molar-refractivity contribution >= 4 is 23.4 Å². The van der Waals surface area contributed by atoms with E-state index in [0.717, 1.165) is 0 Å². The van der Waals surface area contributed by atoms with E-state index in [9.17, 15) is 9.59 Å². The van der Waals surface area contributed by atoms with Crippen molar-refractivity contribution < 1.29 is 19.1 Å². The molecule has 0 spiro atoms. The minimum atomic E-state index is -0.562. The largest absolute Gasteiger partial charge is 0.465 e. The molecule has 1 aromatic heterocycles. The molecule has 0 aliphatic carbocycles. The van der Waals surface area contributed by atoms with Crippen LogP contribution in [0.2, 0.25) is 0 Å². The summed E-state index contributed by atoms with van der Waals surface area (Å²) in [7, 11) is 1.32.